The van der Waals surface area contributed by atoms with Gasteiger partial charge in [0, 0.05) is 6.20 Å². The molecule has 0 aliphatic carbocycles. The summed E-state index contributed by atoms with van der Waals surface area (Å²) < 4.78 is 1.45. The molecule has 6 nitrogen and oxygen atoms in total. The second-order valence-electron chi connectivity index (χ2n) is 3.16. The molecule has 0 bridgehead atoms. The van der Waals surface area contributed by atoms with Gasteiger partial charge in [-0.1, -0.05) is 0 Å². The van der Waals surface area contributed by atoms with Crippen LogP contribution in [0.1, 0.15) is 16.9 Å². The molecule has 0 radical (unpaired) electrons. The third kappa shape index (κ3) is 1.59. The maximum absolute atomic E-state index is 10.9. The zero-order valence-corrected chi connectivity index (χ0v) is 8.29. The summed E-state index contributed by atoms with van der Waals surface area (Å²) in [5, 5.41) is 21.9. The zero-order chi connectivity index (χ0) is 11.5. The maximum atomic E-state index is 10.9. The first-order valence-corrected chi connectivity index (χ1v) is 4.66. The van der Waals surface area contributed by atoms with Gasteiger partial charge in [-0.15, -0.1) is 0 Å². The lowest BCUT2D eigenvalue weighted by atomic mass is 10.3. The van der Waals surface area contributed by atoms with Crippen molar-refractivity contribution in [1.82, 2.24) is 14.8 Å². The average molecular weight is 216 g/mol. The van der Waals surface area contributed by atoms with E-state index in [0.717, 1.165) is 0 Å². The lowest BCUT2D eigenvalue weighted by molar-refractivity contribution is 0.0691. The number of carboxylic acid groups (broad SMARTS) is 1. The molecule has 2 heterocycles. The standard InChI is InChI=1S/C10H8N4O2/c11-4-2-6-14-9-7(3-1-5-12-9)8(13-14)10(15)16/h1,3,5H,2,6H2,(H,15,16). The van der Waals surface area contributed by atoms with Crippen molar-refractivity contribution in [3.05, 3.63) is 24.0 Å². The highest BCUT2D eigenvalue weighted by Gasteiger charge is 2.16. The summed E-state index contributed by atoms with van der Waals surface area (Å²) in [4.78, 5) is 15.0. The van der Waals surface area contributed by atoms with Gasteiger partial charge in [0.2, 0.25) is 0 Å². The second-order valence-corrected chi connectivity index (χ2v) is 3.16. The molecule has 80 valence electrons. The number of carbonyl (C=O) groups is 1. The molecule has 6 heteroatoms. The number of rotatable bonds is 3. The first-order chi connectivity index (χ1) is 7.74. The molecule has 0 atom stereocenters. The Morgan fingerprint density at radius 3 is 3.12 bits per heavy atom. The van der Waals surface area contributed by atoms with E-state index in [9.17, 15) is 4.79 Å². The van der Waals surface area contributed by atoms with Gasteiger partial charge < -0.3 is 5.11 Å². The molecule has 16 heavy (non-hydrogen) atoms. The van der Waals surface area contributed by atoms with Crippen molar-refractivity contribution >= 4 is 17.0 Å². The number of carboxylic acids is 1. The van der Waals surface area contributed by atoms with E-state index in [1.165, 1.54) is 4.68 Å². The smallest absolute Gasteiger partial charge is 0.357 e. The predicted molar refractivity (Wildman–Crippen MR) is 54.7 cm³/mol. The summed E-state index contributed by atoms with van der Waals surface area (Å²) >= 11 is 0. The molecule has 0 unspecified atom stereocenters. The van der Waals surface area contributed by atoms with Crippen LogP contribution in [0, 0.1) is 11.3 Å². The Bertz CT molecular complexity index is 582. The van der Waals surface area contributed by atoms with Gasteiger partial charge in [0.25, 0.3) is 0 Å². The fraction of sp³-hybridized carbons (Fsp3) is 0.200. The van der Waals surface area contributed by atoms with Gasteiger partial charge in [-0.25, -0.2) is 14.5 Å². The van der Waals surface area contributed by atoms with E-state index >= 15 is 0 Å². The molecule has 0 aliphatic heterocycles. The second kappa shape index (κ2) is 3.98. The molecule has 0 aliphatic rings. The molecule has 0 amide bonds. The largest absolute Gasteiger partial charge is 0.476 e. The van der Waals surface area contributed by atoms with E-state index < -0.39 is 5.97 Å². The Morgan fingerprint density at radius 1 is 1.62 bits per heavy atom. The van der Waals surface area contributed by atoms with Crippen molar-refractivity contribution in [2.45, 2.75) is 13.0 Å². The lowest BCUT2D eigenvalue weighted by Gasteiger charge is -1.96. The van der Waals surface area contributed by atoms with Crippen LogP contribution < -0.4 is 0 Å². The van der Waals surface area contributed by atoms with E-state index in [2.05, 4.69) is 10.1 Å². The highest BCUT2D eigenvalue weighted by atomic mass is 16.4. The number of fused-ring (bicyclic) bond motifs is 1. The average Bonchev–Trinajstić information content (AvgIpc) is 2.65. The quantitative estimate of drug-likeness (QED) is 0.827. The fourth-order valence-corrected chi connectivity index (χ4v) is 1.48. The van der Waals surface area contributed by atoms with Crippen LogP contribution in [0.15, 0.2) is 18.3 Å². The number of nitriles is 1. The Kier molecular flexibility index (Phi) is 2.52. The molecule has 2 aromatic heterocycles. The number of aromatic carboxylic acids is 1. The topological polar surface area (TPSA) is 91.8 Å². The third-order valence-corrected chi connectivity index (χ3v) is 2.14. The van der Waals surface area contributed by atoms with Crippen LogP contribution in [0.25, 0.3) is 11.0 Å². The summed E-state index contributed by atoms with van der Waals surface area (Å²) in [6.45, 7) is 0.345. The Labute approximate surface area is 90.7 Å². The minimum absolute atomic E-state index is 0.0268. The SMILES string of the molecule is N#CCCn1nc(C(=O)O)c2cccnc21. The van der Waals surface area contributed by atoms with Crippen molar-refractivity contribution in [2.24, 2.45) is 0 Å². The molecule has 0 saturated heterocycles. The lowest BCUT2D eigenvalue weighted by Crippen LogP contribution is -2.03. The van der Waals surface area contributed by atoms with E-state index in [1.807, 2.05) is 6.07 Å². The van der Waals surface area contributed by atoms with Crippen LogP contribution in [0.5, 0.6) is 0 Å². The summed E-state index contributed by atoms with van der Waals surface area (Å²) in [5.74, 6) is -1.09. The van der Waals surface area contributed by atoms with Gasteiger partial charge in [0.1, 0.15) is 0 Å². The molecule has 2 rings (SSSR count). The summed E-state index contributed by atoms with van der Waals surface area (Å²) in [7, 11) is 0. The predicted octanol–water partition coefficient (Wildman–Crippen LogP) is 1.04. The van der Waals surface area contributed by atoms with Crippen molar-refractivity contribution in [2.75, 3.05) is 0 Å². The number of nitrogens with zero attached hydrogens (tertiary/aromatic N) is 4. The molecular formula is C10H8N4O2. The summed E-state index contributed by atoms with van der Waals surface area (Å²) in [6, 6.07) is 5.30. The Morgan fingerprint density at radius 2 is 2.44 bits per heavy atom. The van der Waals surface area contributed by atoms with Crippen LogP contribution in [-0.4, -0.2) is 25.8 Å². The van der Waals surface area contributed by atoms with E-state index in [0.29, 0.717) is 17.6 Å². The number of hydrogen-bond donors (Lipinski definition) is 1. The fourth-order valence-electron chi connectivity index (χ4n) is 1.48. The van der Waals surface area contributed by atoms with E-state index in [1.54, 1.807) is 18.3 Å². The summed E-state index contributed by atoms with van der Waals surface area (Å²) in [6.07, 6.45) is 1.84. The molecule has 1 N–H and O–H groups in total. The van der Waals surface area contributed by atoms with Crippen molar-refractivity contribution in [3.63, 3.8) is 0 Å². The van der Waals surface area contributed by atoms with Crippen molar-refractivity contribution < 1.29 is 9.90 Å². The van der Waals surface area contributed by atoms with Crippen LogP contribution in [0.2, 0.25) is 0 Å². The Balaban J connectivity index is 2.58. The van der Waals surface area contributed by atoms with Crippen LogP contribution >= 0.6 is 0 Å². The van der Waals surface area contributed by atoms with Gasteiger partial charge in [-0.3, -0.25) is 0 Å². The monoisotopic (exact) mass is 216 g/mol. The van der Waals surface area contributed by atoms with E-state index in [-0.39, 0.29) is 12.1 Å². The minimum Gasteiger partial charge on any atom is -0.476 e. The number of aryl methyl sites for hydroxylation is 1. The van der Waals surface area contributed by atoms with Gasteiger partial charge in [0.15, 0.2) is 11.3 Å². The maximum Gasteiger partial charge on any atom is 0.357 e. The number of aromatic nitrogens is 3. The van der Waals surface area contributed by atoms with Gasteiger partial charge >= 0.3 is 5.97 Å². The van der Waals surface area contributed by atoms with Crippen LogP contribution in [-0.2, 0) is 6.54 Å². The highest BCUT2D eigenvalue weighted by Crippen LogP contribution is 2.16. The van der Waals surface area contributed by atoms with Crippen LogP contribution in [0.4, 0.5) is 0 Å². The third-order valence-electron chi connectivity index (χ3n) is 2.14. The Hall–Kier alpha value is -2.42. The molecular weight excluding hydrogens is 208 g/mol. The van der Waals surface area contributed by atoms with Gasteiger partial charge in [-0.2, -0.15) is 10.4 Å². The zero-order valence-electron chi connectivity index (χ0n) is 8.29. The molecule has 0 fully saturated rings. The van der Waals surface area contributed by atoms with Crippen molar-refractivity contribution in [1.29, 1.82) is 5.26 Å². The normalized spacial score (nSPS) is 10.2. The first kappa shape index (κ1) is 10.1. The number of hydrogen-bond acceptors (Lipinski definition) is 4. The minimum atomic E-state index is -1.09. The highest BCUT2D eigenvalue weighted by molar-refractivity contribution is 5.99. The molecule has 0 aromatic carbocycles. The van der Waals surface area contributed by atoms with E-state index in [4.69, 9.17) is 10.4 Å². The molecule has 0 spiro atoms. The summed E-state index contributed by atoms with van der Waals surface area (Å²) in [5.41, 5.74) is 0.469. The molecule has 2 aromatic rings. The van der Waals surface area contributed by atoms with Crippen LogP contribution in [0.3, 0.4) is 0 Å². The van der Waals surface area contributed by atoms with Gasteiger partial charge in [0.05, 0.1) is 24.4 Å². The van der Waals surface area contributed by atoms with Crippen molar-refractivity contribution in [3.8, 4) is 6.07 Å². The number of pyridine rings is 1. The first-order valence-electron chi connectivity index (χ1n) is 4.66. The molecule has 0 saturated carbocycles. The van der Waals surface area contributed by atoms with Gasteiger partial charge in [-0.05, 0) is 12.1 Å².